The van der Waals surface area contributed by atoms with Gasteiger partial charge in [0.2, 0.25) is 11.8 Å². The highest BCUT2D eigenvalue weighted by Crippen LogP contribution is 2.33. The van der Waals surface area contributed by atoms with Gasteiger partial charge in [-0.05, 0) is 25.1 Å². The number of carbonyl (C=O) groups excluding carboxylic acids is 1. The molecule has 1 fully saturated rings. The van der Waals surface area contributed by atoms with Gasteiger partial charge < -0.3 is 28.2 Å². The van der Waals surface area contributed by atoms with Crippen LogP contribution in [0.3, 0.4) is 0 Å². The van der Waals surface area contributed by atoms with Crippen molar-refractivity contribution in [1.29, 1.82) is 0 Å². The van der Waals surface area contributed by atoms with Crippen molar-refractivity contribution in [3.05, 3.63) is 59.5 Å². The molecule has 1 aliphatic rings. The molecule has 1 aliphatic heterocycles. The number of amides is 1. The first kappa shape index (κ1) is 21.1. The molecule has 0 atom stereocenters. The van der Waals surface area contributed by atoms with Crippen molar-refractivity contribution >= 4 is 11.8 Å². The number of hydrogen-bond donors (Lipinski definition) is 0. The maximum Gasteiger partial charge on any atom is 0.249 e. The Morgan fingerprint density at radius 2 is 2.03 bits per heavy atom. The number of hydrogen-bond acceptors (Lipinski definition) is 7. The summed E-state index contributed by atoms with van der Waals surface area (Å²) in [6.07, 6.45) is 1.60. The molecule has 4 rings (SSSR count). The van der Waals surface area contributed by atoms with Crippen molar-refractivity contribution in [2.75, 3.05) is 44.9 Å². The van der Waals surface area contributed by atoms with E-state index in [-0.39, 0.29) is 12.5 Å². The molecule has 0 radical (unpaired) electrons. The Labute approximate surface area is 181 Å². The van der Waals surface area contributed by atoms with E-state index in [1.807, 2.05) is 37.3 Å². The molecule has 1 amide bonds. The van der Waals surface area contributed by atoms with Gasteiger partial charge in [-0.1, -0.05) is 28.9 Å². The lowest BCUT2D eigenvalue weighted by Crippen LogP contribution is -2.37. The molecule has 0 unspecified atom stereocenters. The number of carbonyl (C=O) groups is 1. The average Bonchev–Trinajstić information content (AvgIpc) is 3.44. The smallest absolute Gasteiger partial charge is 0.249 e. The summed E-state index contributed by atoms with van der Waals surface area (Å²) >= 11 is 0. The number of nitrogens with zero attached hydrogens (tertiary/aromatic N) is 3. The summed E-state index contributed by atoms with van der Waals surface area (Å²) in [4.78, 5) is 16.7. The second-order valence-electron chi connectivity index (χ2n) is 7.55. The predicted molar refractivity (Wildman–Crippen MR) is 115 cm³/mol. The number of rotatable bonds is 8. The third kappa shape index (κ3) is 4.98. The van der Waals surface area contributed by atoms with Gasteiger partial charge in [-0.3, -0.25) is 4.79 Å². The van der Waals surface area contributed by atoms with Gasteiger partial charge in [-0.15, -0.1) is 0 Å². The van der Waals surface area contributed by atoms with E-state index < -0.39 is 0 Å². The van der Waals surface area contributed by atoms with Crippen LogP contribution in [-0.2, 0) is 27.4 Å². The van der Waals surface area contributed by atoms with E-state index in [9.17, 15) is 4.79 Å². The summed E-state index contributed by atoms with van der Waals surface area (Å²) in [7, 11) is 1.51. The summed E-state index contributed by atoms with van der Waals surface area (Å²) in [5, 5.41) is 4.41. The van der Waals surface area contributed by atoms with Gasteiger partial charge in [0.1, 0.15) is 18.1 Å². The maximum absolute atomic E-state index is 12.9. The average molecular weight is 425 g/mol. The fourth-order valence-electron chi connectivity index (χ4n) is 3.71. The Kier molecular flexibility index (Phi) is 6.69. The van der Waals surface area contributed by atoms with Crippen LogP contribution in [0.2, 0.25) is 0 Å². The van der Waals surface area contributed by atoms with E-state index >= 15 is 0 Å². The second kappa shape index (κ2) is 9.80. The summed E-state index contributed by atoms with van der Waals surface area (Å²) < 4.78 is 21.9. The molecule has 0 bridgehead atoms. The Morgan fingerprint density at radius 3 is 2.74 bits per heavy atom. The third-order valence-corrected chi connectivity index (χ3v) is 5.25. The molecule has 0 saturated carbocycles. The minimum atomic E-state index is -0.136. The molecule has 0 spiro atoms. The lowest BCUT2D eigenvalue weighted by atomic mass is 10.0. The molecule has 3 aromatic rings. The van der Waals surface area contributed by atoms with Gasteiger partial charge >= 0.3 is 0 Å². The fraction of sp³-hybridized carbons (Fsp3) is 0.391. The number of anilines is 1. The van der Waals surface area contributed by atoms with E-state index in [0.29, 0.717) is 51.0 Å². The molecule has 0 N–H and O–H groups in total. The number of methoxy groups -OCH3 is 1. The van der Waals surface area contributed by atoms with E-state index in [4.69, 9.17) is 18.4 Å². The van der Waals surface area contributed by atoms with E-state index in [0.717, 1.165) is 22.4 Å². The van der Waals surface area contributed by atoms with Crippen LogP contribution in [0.15, 0.2) is 51.6 Å². The molecule has 1 aromatic carbocycles. The highest BCUT2D eigenvalue weighted by Gasteiger charge is 2.27. The summed E-state index contributed by atoms with van der Waals surface area (Å²) in [5.41, 5.74) is 3.68. The topological polar surface area (TPSA) is 81.2 Å². The van der Waals surface area contributed by atoms with Crippen LogP contribution in [0, 0.1) is 6.92 Å². The van der Waals surface area contributed by atoms with Crippen molar-refractivity contribution in [1.82, 2.24) is 10.1 Å². The fourth-order valence-corrected chi connectivity index (χ4v) is 3.71. The highest BCUT2D eigenvalue weighted by atomic mass is 16.5. The first-order chi connectivity index (χ1) is 15.2. The lowest BCUT2D eigenvalue weighted by Gasteiger charge is -2.28. The van der Waals surface area contributed by atoms with Crippen molar-refractivity contribution in [3.8, 4) is 11.3 Å². The van der Waals surface area contributed by atoms with Gasteiger partial charge in [0.25, 0.3) is 0 Å². The summed E-state index contributed by atoms with van der Waals surface area (Å²) in [6, 6.07) is 11.8. The SMILES string of the molecule is COCC(=O)N(Cc1ccco1)Cc1c(-c2cccc(C)c2)noc1N1CCOCC1. The normalized spacial score (nSPS) is 14.1. The van der Waals surface area contributed by atoms with E-state index in [2.05, 4.69) is 16.1 Å². The largest absolute Gasteiger partial charge is 0.467 e. The molecule has 3 heterocycles. The zero-order chi connectivity index (χ0) is 21.6. The Morgan fingerprint density at radius 1 is 1.19 bits per heavy atom. The molecule has 8 nitrogen and oxygen atoms in total. The molecule has 2 aromatic heterocycles. The predicted octanol–water partition coefficient (Wildman–Crippen LogP) is 3.25. The quantitative estimate of drug-likeness (QED) is 0.548. The van der Waals surface area contributed by atoms with Gasteiger partial charge in [0.05, 0.1) is 38.1 Å². The first-order valence-corrected chi connectivity index (χ1v) is 10.3. The van der Waals surface area contributed by atoms with Crippen LogP contribution in [0.5, 0.6) is 0 Å². The van der Waals surface area contributed by atoms with Crippen LogP contribution in [0.1, 0.15) is 16.9 Å². The highest BCUT2D eigenvalue weighted by molar-refractivity contribution is 5.78. The zero-order valence-electron chi connectivity index (χ0n) is 17.9. The summed E-state index contributed by atoms with van der Waals surface area (Å²) in [5.74, 6) is 1.24. The number of benzene rings is 1. The number of furan rings is 1. The third-order valence-electron chi connectivity index (χ3n) is 5.25. The monoisotopic (exact) mass is 425 g/mol. The van der Waals surface area contributed by atoms with Gasteiger partial charge in [-0.2, -0.15) is 0 Å². The number of ether oxygens (including phenoxy) is 2. The van der Waals surface area contributed by atoms with Crippen molar-refractivity contribution in [3.63, 3.8) is 0 Å². The molecule has 0 aliphatic carbocycles. The van der Waals surface area contributed by atoms with Gasteiger partial charge in [-0.25, -0.2) is 0 Å². The minimum absolute atomic E-state index is 0.0152. The van der Waals surface area contributed by atoms with E-state index in [1.165, 1.54) is 7.11 Å². The molecule has 31 heavy (non-hydrogen) atoms. The Bertz CT molecular complexity index is 993. The number of aryl methyl sites for hydroxylation is 1. The van der Waals surface area contributed by atoms with Crippen LogP contribution in [0.25, 0.3) is 11.3 Å². The molecule has 164 valence electrons. The molecule has 1 saturated heterocycles. The summed E-state index contributed by atoms with van der Waals surface area (Å²) in [6.45, 7) is 5.34. The first-order valence-electron chi connectivity index (χ1n) is 10.3. The minimum Gasteiger partial charge on any atom is -0.467 e. The van der Waals surface area contributed by atoms with Crippen molar-refractivity contribution in [2.24, 2.45) is 0 Å². The second-order valence-corrected chi connectivity index (χ2v) is 7.55. The van der Waals surface area contributed by atoms with Crippen LogP contribution in [-0.4, -0.2) is 56.0 Å². The van der Waals surface area contributed by atoms with Crippen LogP contribution >= 0.6 is 0 Å². The van der Waals surface area contributed by atoms with Crippen LogP contribution in [0.4, 0.5) is 5.88 Å². The maximum atomic E-state index is 12.9. The van der Waals surface area contributed by atoms with Gasteiger partial charge in [0.15, 0.2) is 0 Å². The van der Waals surface area contributed by atoms with Crippen LogP contribution < -0.4 is 4.90 Å². The van der Waals surface area contributed by atoms with Crippen molar-refractivity contribution < 1.29 is 23.2 Å². The van der Waals surface area contributed by atoms with E-state index in [1.54, 1.807) is 11.2 Å². The zero-order valence-corrected chi connectivity index (χ0v) is 17.9. The standard InChI is InChI=1S/C23H27N3O5/c1-17-5-3-6-18(13-17)22-20(23(31-24-22)25-8-11-29-12-9-25)15-26(21(27)16-28-2)14-19-7-4-10-30-19/h3-7,10,13H,8-9,11-12,14-16H2,1-2H3. The Hall–Kier alpha value is -3.10. The number of aromatic nitrogens is 1. The molecular formula is C23H27N3O5. The Balaban J connectivity index is 1.71. The molecular weight excluding hydrogens is 398 g/mol. The van der Waals surface area contributed by atoms with Gasteiger partial charge in [0, 0.05) is 25.8 Å². The lowest BCUT2D eigenvalue weighted by molar-refractivity contribution is -0.136. The van der Waals surface area contributed by atoms with Crippen molar-refractivity contribution in [2.45, 2.75) is 20.0 Å². The molecule has 8 heteroatoms. The number of morpholine rings is 1.